The largest absolute Gasteiger partial charge is 1.00 e. The van der Waals surface area contributed by atoms with E-state index in [1.807, 2.05) is 22.6 Å². The molecule has 0 aliphatic carbocycles. The van der Waals surface area contributed by atoms with Crippen LogP contribution in [-0.4, -0.2) is 51.4 Å². The van der Waals surface area contributed by atoms with Crippen LogP contribution in [0.25, 0.3) is 0 Å². The van der Waals surface area contributed by atoms with Crippen LogP contribution >= 0.6 is 22.6 Å². The van der Waals surface area contributed by atoms with Gasteiger partial charge < -0.3 is 14.7 Å². The third-order valence-corrected chi connectivity index (χ3v) is 4.87. The second kappa shape index (κ2) is 9.23. The molecule has 1 saturated heterocycles. The molecule has 26 heavy (non-hydrogen) atoms. The van der Waals surface area contributed by atoms with E-state index >= 15 is 0 Å². The Morgan fingerprint density at radius 2 is 1.85 bits per heavy atom. The Morgan fingerprint density at radius 3 is 2.31 bits per heavy atom. The third kappa shape index (κ3) is 5.47. The van der Waals surface area contributed by atoms with Gasteiger partial charge in [0, 0.05) is 5.69 Å². The molecule has 2 rings (SSSR count). The van der Waals surface area contributed by atoms with Crippen LogP contribution in [0, 0.1) is 0 Å². The summed E-state index contributed by atoms with van der Waals surface area (Å²) in [4.78, 5) is 51.1. The minimum absolute atomic E-state index is 0. The van der Waals surface area contributed by atoms with E-state index in [0.717, 1.165) is 0 Å². The molecule has 0 saturated carbocycles. The number of alkyl halides is 1. The van der Waals surface area contributed by atoms with Crippen LogP contribution in [0.3, 0.4) is 0 Å². The Morgan fingerprint density at radius 1 is 1.27 bits per heavy atom. The molecule has 1 N–H and O–H groups in total. The number of rotatable bonds is 5. The minimum Gasteiger partial charge on any atom is -0.747 e. The zero-order valence-electron chi connectivity index (χ0n) is 13.3. The number of benzene rings is 1. The summed E-state index contributed by atoms with van der Waals surface area (Å²) in [6, 6.07) is 5.36. The number of hydrogen-bond acceptors (Lipinski definition) is 8. The van der Waals surface area contributed by atoms with Crippen molar-refractivity contribution in [2.24, 2.45) is 0 Å². The number of nitrogens with zero attached hydrogens (tertiary/aromatic N) is 1. The summed E-state index contributed by atoms with van der Waals surface area (Å²) in [7, 11) is -5.03. The van der Waals surface area contributed by atoms with Crippen LogP contribution in [0.4, 0.5) is 5.69 Å². The van der Waals surface area contributed by atoms with Crippen molar-refractivity contribution in [2.45, 2.75) is 11.7 Å². The molecule has 0 aromatic heterocycles. The van der Waals surface area contributed by atoms with Gasteiger partial charge in [-0.1, -0.05) is 22.6 Å². The second-order valence-electron chi connectivity index (χ2n) is 4.85. The summed E-state index contributed by atoms with van der Waals surface area (Å²) in [5, 5.41) is 0.431. The van der Waals surface area contributed by atoms with Crippen molar-refractivity contribution in [1.82, 2.24) is 5.06 Å². The van der Waals surface area contributed by atoms with Gasteiger partial charge in [0.1, 0.15) is 15.4 Å². The molecule has 134 valence electrons. The predicted octanol–water partition coefficient (Wildman–Crippen LogP) is -3.19. The molecule has 1 aromatic rings. The Hall–Kier alpha value is -1.06. The second-order valence-corrected chi connectivity index (χ2v) is 7.17. The Balaban J connectivity index is 0.00000338. The topological polar surface area (TPSA) is 150 Å². The molecule has 1 aliphatic rings. The number of hydrogen-bond donors (Lipinski definition) is 1. The quantitative estimate of drug-likeness (QED) is 0.145. The fourth-order valence-electron chi connectivity index (χ4n) is 1.92. The number of nitrogens with one attached hydrogen (secondary N) is 1. The molecular formula is C13H10IN2NaO8S. The molecule has 1 heterocycles. The first-order valence-electron chi connectivity index (χ1n) is 6.63. The van der Waals surface area contributed by atoms with Gasteiger partial charge in [0.05, 0.1) is 16.4 Å². The maximum atomic E-state index is 12.0. The van der Waals surface area contributed by atoms with Crippen LogP contribution in [0.2, 0.25) is 0 Å². The summed E-state index contributed by atoms with van der Waals surface area (Å²) in [5.74, 6) is -3.85. The van der Waals surface area contributed by atoms with E-state index in [2.05, 4.69) is 10.2 Å². The Bertz CT molecular complexity index is 842. The standard InChI is InChI=1S/C13H11IN2O8S.Na/c14-6-10(17)15-8-3-1-7(2-4-8)13(20)24-16-11(18)5-9(12(16)19)25(21,22)23;/h1-4,9H,5-6H2,(H,15,17)(H,21,22,23);/q;+1/p-1. The number of anilines is 1. The number of halogens is 1. The number of carbonyl (C=O) groups is 4. The minimum atomic E-state index is -5.03. The molecule has 0 spiro atoms. The average molecular weight is 504 g/mol. The van der Waals surface area contributed by atoms with Crippen LogP contribution < -0.4 is 34.9 Å². The number of hydroxylamine groups is 2. The summed E-state index contributed by atoms with van der Waals surface area (Å²) in [6.45, 7) is 0. The van der Waals surface area contributed by atoms with Gasteiger partial charge in [0.25, 0.3) is 11.8 Å². The van der Waals surface area contributed by atoms with Crippen molar-refractivity contribution in [3.05, 3.63) is 29.8 Å². The van der Waals surface area contributed by atoms with Crippen LogP contribution in [0.1, 0.15) is 16.8 Å². The van der Waals surface area contributed by atoms with Gasteiger partial charge in [-0.25, -0.2) is 13.2 Å². The maximum Gasteiger partial charge on any atom is 1.00 e. The van der Waals surface area contributed by atoms with E-state index in [4.69, 9.17) is 0 Å². The molecule has 10 nitrogen and oxygen atoms in total. The SMILES string of the molecule is O=C(CI)Nc1ccc(C(=O)ON2C(=O)CC(S(=O)(=O)[O-])C2=O)cc1.[Na+]. The first-order valence-corrected chi connectivity index (χ1v) is 9.63. The molecule has 3 amide bonds. The monoisotopic (exact) mass is 504 g/mol. The maximum absolute atomic E-state index is 12.0. The van der Waals surface area contributed by atoms with Gasteiger partial charge in [0.15, 0.2) is 0 Å². The van der Waals surface area contributed by atoms with Gasteiger partial charge in [-0.05, 0) is 24.3 Å². The molecule has 1 fully saturated rings. The van der Waals surface area contributed by atoms with Gasteiger partial charge in [-0.3, -0.25) is 14.4 Å². The van der Waals surface area contributed by atoms with E-state index in [1.54, 1.807) is 0 Å². The van der Waals surface area contributed by atoms with Crippen LogP contribution in [0.15, 0.2) is 24.3 Å². The summed E-state index contributed by atoms with van der Waals surface area (Å²) in [6.07, 6.45) is -0.876. The number of imide groups is 1. The molecule has 13 heteroatoms. The molecule has 0 bridgehead atoms. The van der Waals surface area contributed by atoms with Crippen molar-refractivity contribution in [3.8, 4) is 0 Å². The third-order valence-electron chi connectivity index (χ3n) is 3.11. The van der Waals surface area contributed by atoms with Gasteiger partial charge in [0.2, 0.25) is 5.91 Å². The smallest absolute Gasteiger partial charge is 0.747 e. The van der Waals surface area contributed by atoms with Crippen LogP contribution in [-0.2, 0) is 29.3 Å². The van der Waals surface area contributed by atoms with Gasteiger partial charge in [-0.2, -0.15) is 0 Å². The fraction of sp³-hybridized carbons (Fsp3) is 0.231. The van der Waals surface area contributed by atoms with E-state index in [9.17, 15) is 32.1 Å². The van der Waals surface area contributed by atoms with Crippen molar-refractivity contribution >= 4 is 62.1 Å². The van der Waals surface area contributed by atoms with Crippen molar-refractivity contribution < 1.29 is 66.5 Å². The Labute approximate surface area is 183 Å². The van der Waals surface area contributed by atoms with Crippen molar-refractivity contribution in [2.75, 3.05) is 9.74 Å². The molecule has 1 aliphatic heterocycles. The van der Waals surface area contributed by atoms with Crippen molar-refractivity contribution in [1.29, 1.82) is 0 Å². The normalized spacial score (nSPS) is 16.8. The summed E-state index contributed by atoms with van der Waals surface area (Å²) >= 11 is 1.88. The molecular weight excluding hydrogens is 494 g/mol. The summed E-state index contributed by atoms with van der Waals surface area (Å²) < 4.78 is 33.0. The number of amides is 3. The average Bonchev–Trinajstić information content (AvgIpc) is 2.83. The van der Waals surface area contributed by atoms with Gasteiger partial charge in [-0.15, -0.1) is 5.06 Å². The fourth-order valence-corrected chi connectivity index (χ4v) is 2.80. The van der Waals surface area contributed by atoms with E-state index in [1.165, 1.54) is 24.3 Å². The van der Waals surface area contributed by atoms with E-state index in [0.29, 0.717) is 5.69 Å². The first kappa shape index (κ1) is 23.0. The zero-order valence-corrected chi connectivity index (χ0v) is 18.3. The number of carbonyl (C=O) groups excluding carboxylic acids is 4. The molecule has 1 atom stereocenters. The summed E-state index contributed by atoms with van der Waals surface area (Å²) in [5.41, 5.74) is 0.366. The predicted molar refractivity (Wildman–Crippen MR) is 89.3 cm³/mol. The van der Waals surface area contributed by atoms with Crippen LogP contribution in [0.5, 0.6) is 0 Å². The molecule has 1 aromatic carbocycles. The first-order chi connectivity index (χ1) is 11.6. The van der Waals surface area contributed by atoms with E-state index in [-0.39, 0.29) is 50.5 Å². The van der Waals surface area contributed by atoms with Gasteiger partial charge >= 0.3 is 35.5 Å². The Kier molecular flexibility index (Phi) is 8.16. The van der Waals surface area contributed by atoms with Crippen molar-refractivity contribution in [3.63, 3.8) is 0 Å². The molecule has 1 unspecified atom stereocenters. The molecule has 0 radical (unpaired) electrons. The zero-order chi connectivity index (χ0) is 18.8. The van der Waals surface area contributed by atoms with E-state index < -0.39 is 39.6 Å².